The van der Waals surface area contributed by atoms with Gasteiger partial charge in [0, 0.05) is 33.3 Å². The van der Waals surface area contributed by atoms with Crippen LogP contribution in [-0.2, 0) is 0 Å². The third-order valence-electron chi connectivity index (χ3n) is 11.6. The smallest absolute Gasteiger partial charge is 0.0561 e. The number of hydrogen-bond donors (Lipinski definition) is 0. The average molecular weight is 739 g/mol. The molecule has 2 heteroatoms. The monoisotopic (exact) mass is 738 g/mol. The van der Waals surface area contributed by atoms with Crippen LogP contribution < -0.4 is 4.90 Å². The van der Waals surface area contributed by atoms with Crippen LogP contribution in [0.1, 0.15) is 0 Å². The van der Waals surface area contributed by atoms with Crippen LogP contribution in [0.5, 0.6) is 0 Å². The normalized spacial score (nSPS) is 11.4. The second-order valence-corrected chi connectivity index (χ2v) is 14.9. The van der Waals surface area contributed by atoms with Crippen molar-refractivity contribution in [1.82, 2.24) is 4.57 Å². The van der Waals surface area contributed by atoms with Crippen molar-refractivity contribution in [2.75, 3.05) is 4.90 Å². The minimum atomic E-state index is 1.08. The van der Waals surface area contributed by atoms with Gasteiger partial charge in [-0.25, -0.2) is 0 Å². The highest BCUT2D eigenvalue weighted by molar-refractivity contribution is 6.15. The van der Waals surface area contributed by atoms with Crippen molar-refractivity contribution in [1.29, 1.82) is 0 Å². The third kappa shape index (κ3) is 5.66. The highest BCUT2D eigenvalue weighted by atomic mass is 15.1. The van der Waals surface area contributed by atoms with E-state index in [1.807, 2.05) is 0 Å². The molecular formula is C56H38N2. The van der Waals surface area contributed by atoms with Crippen molar-refractivity contribution in [2.24, 2.45) is 0 Å². The van der Waals surface area contributed by atoms with Crippen LogP contribution in [0.4, 0.5) is 17.1 Å². The summed E-state index contributed by atoms with van der Waals surface area (Å²) in [7, 11) is 0. The summed E-state index contributed by atoms with van der Waals surface area (Å²) >= 11 is 0. The lowest BCUT2D eigenvalue weighted by molar-refractivity contribution is 1.18. The molecule has 0 saturated carbocycles. The fourth-order valence-electron chi connectivity index (χ4n) is 8.92. The van der Waals surface area contributed by atoms with Crippen LogP contribution in [0.2, 0.25) is 0 Å². The van der Waals surface area contributed by atoms with Gasteiger partial charge in [0.1, 0.15) is 0 Å². The molecule has 0 bridgehead atoms. The molecule has 2 nitrogen and oxygen atoms in total. The summed E-state index contributed by atoms with van der Waals surface area (Å²) < 4.78 is 2.41. The van der Waals surface area contributed by atoms with E-state index in [1.165, 1.54) is 60.1 Å². The standard InChI is InChI=1S/C56H38N2/c1-3-17-39(18-4-1)40-31-33-41(34-32-40)46-23-11-14-28-53(46)58(44-35-36-51-49-26-12-15-29-54(49)57(56(51)38-44)43-20-5-2-6-21-43)55-30-16-13-27-50(55)52-37-42-19-7-8-22-45(42)47-24-9-10-25-48(47)52/h1-38H. The molecule has 0 atom stereocenters. The lowest BCUT2D eigenvalue weighted by Gasteiger charge is -2.30. The molecule has 10 aromatic carbocycles. The Kier molecular flexibility index (Phi) is 8.19. The van der Waals surface area contributed by atoms with Crippen LogP contribution >= 0.6 is 0 Å². The van der Waals surface area contributed by atoms with Crippen LogP contribution in [0, 0.1) is 0 Å². The number of para-hydroxylation sites is 4. The summed E-state index contributed by atoms with van der Waals surface area (Å²) in [5, 5.41) is 7.44. The molecule has 0 aliphatic heterocycles. The molecule has 1 heterocycles. The van der Waals surface area contributed by atoms with E-state index in [1.54, 1.807) is 0 Å². The Hall–Kier alpha value is -7.68. The Balaban J connectivity index is 1.19. The van der Waals surface area contributed by atoms with E-state index in [2.05, 4.69) is 240 Å². The molecule has 0 amide bonds. The number of rotatable bonds is 7. The minimum Gasteiger partial charge on any atom is -0.309 e. The summed E-state index contributed by atoms with van der Waals surface area (Å²) in [6.45, 7) is 0. The molecule has 0 aliphatic carbocycles. The van der Waals surface area contributed by atoms with Crippen molar-refractivity contribution in [3.63, 3.8) is 0 Å². The number of anilines is 3. The number of nitrogens with zero attached hydrogens (tertiary/aromatic N) is 2. The molecule has 0 fully saturated rings. The van der Waals surface area contributed by atoms with E-state index >= 15 is 0 Å². The Labute approximate surface area is 338 Å². The number of fused-ring (bicyclic) bond motifs is 6. The Morgan fingerprint density at radius 1 is 0.293 bits per heavy atom. The summed E-state index contributed by atoms with van der Waals surface area (Å²) in [5.74, 6) is 0. The first-order valence-electron chi connectivity index (χ1n) is 19.9. The maximum absolute atomic E-state index is 2.48. The van der Waals surface area contributed by atoms with Gasteiger partial charge in [-0.1, -0.05) is 182 Å². The summed E-state index contributed by atoms with van der Waals surface area (Å²) in [5.41, 5.74) is 13.9. The minimum absolute atomic E-state index is 1.08. The lowest BCUT2D eigenvalue weighted by Crippen LogP contribution is -2.12. The topological polar surface area (TPSA) is 8.17 Å². The number of benzene rings is 10. The number of hydrogen-bond acceptors (Lipinski definition) is 1. The van der Waals surface area contributed by atoms with E-state index < -0.39 is 0 Å². The van der Waals surface area contributed by atoms with Gasteiger partial charge in [0.05, 0.1) is 22.4 Å². The third-order valence-corrected chi connectivity index (χ3v) is 11.6. The SMILES string of the molecule is c1ccc(-c2ccc(-c3ccccc3N(c3ccc4c5ccccc5n(-c5ccccc5)c4c3)c3ccccc3-c3cc4ccccc4c4ccccc34)cc2)cc1. The molecule has 272 valence electrons. The van der Waals surface area contributed by atoms with Crippen LogP contribution in [-0.4, -0.2) is 4.57 Å². The Morgan fingerprint density at radius 2 is 0.828 bits per heavy atom. The van der Waals surface area contributed by atoms with Gasteiger partial charge < -0.3 is 9.47 Å². The van der Waals surface area contributed by atoms with Gasteiger partial charge in [-0.15, -0.1) is 0 Å². The van der Waals surface area contributed by atoms with Gasteiger partial charge in [-0.3, -0.25) is 0 Å². The van der Waals surface area contributed by atoms with Crippen molar-refractivity contribution in [2.45, 2.75) is 0 Å². The quantitative estimate of drug-likeness (QED) is 0.148. The van der Waals surface area contributed by atoms with Crippen LogP contribution in [0.3, 0.4) is 0 Å². The lowest BCUT2D eigenvalue weighted by atomic mass is 9.91. The molecule has 0 saturated heterocycles. The molecule has 0 unspecified atom stereocenters. The summed E-state index contributed by atoms with van der Waals surface area (Å²) in [6.07, 6.45) is 0. The van der Waals surface area contributed by atoms with Crippen molar-refractivity contribution in [3.8, 4) is 39.1 Å². The van der Waals surface area contributed by atoms with E-state index in [-0.39, 0.29) is 0 Å². The Bertz CT molecular complexity index is 3270. The van der Waals surface area contributed by atoms with Gasteiger partial charge in [0.15, 0.2) is 0 Å². The fraction of sp³-hybridized carbons (Fsp3) is 0. The first-order chi connectivity index (χ1) is 28.8. The largest absolute Gasteiger partial charge is 0.309 e. The zero-order valence-electron chi connectivity index (χ0n) is 31.8. The fourth-order valence-corrected chi connectivity index (χ4v) is 8.92. The van der Waals surface area contributed by atoms with Gasteiger partial charge >= 0.3 is 0 Å². The maximum Gasteiger partial charge on any atom is 0.0561 e. The zero-order chi connectivity index (χ0) is 38.4. The highest BCUT2D eigenvalue weighted by Crippen LogP contribution is 2.48. The van der Waals surface area contributed by atoms with Gasteiger partial charge in [-0.05, 0) is 92.3 Å². The second-order valence-electron chi connectivity index (χ2n) is 14.9. The molecule has 58 heavy (non-hydrogen) atoms. The molecule has 11 aromatic rings. The first-order valence-corrected chi connectivity index (χ1v) is 19.9. The first kappa shape index (κ1) is 33.6. The van der Waals surface area contributed by atoms with E-state index in [0.717, 1.165) is 39.4 Å². The average Bonchev–Trinajstić information content (AvgIpc) is 3.63. The van der Waals surface area contributed by atoms with E-state index in [4.69, 9.17) is 0 Å². The Morgan fingerprint density at radius 3 is 1.60 bits per heavy atom. The van der Waals surface area contributed by atoms with E-state index in [0.29, 0.717) is 0 Å². The van der Waals surface area contributed by atoms with Gasteiger partial charge in [0.2, 0.25) is 0 Å². The molecule has 11 rings (SSSR count). The summed E-state index contributed by atoms with van der Waals surface area (Å²) in [6, 6.07) is 83.8. The highest BCUT2D eigenvalue weighted by Gasteiger charge is 2.23. The predicted molar refractivity (Wildman–Crippen MR) is 247 cm³/mol. The predicted octanol–water partition coefficient (Wildman–Crippen LogP) is 15.6. The van der Waals surface area contributed by atoms with E-state index in [9.17, 15) is 0 Å². The van der Waals surface area contributed by atoms with Gasteiger partial charge in [0.25, 0.3) is 0 Å². The second kappa shape index (κ2) is 14.1. The van der Waals surface area contributed by atoms with Crippen molar-refractivity contribution >= 4 is 60.4 Å². The van der Waals surface area contributed by atoms with Crippen molar-refractivity contribution in [3.05, 3.63) is 231 Å². The zero-order valence-corrected chi connectivity index (χ0v) is 31.8. The maximum atomic E-state index is 2.48. The molecule has 0 aliphatic rings. The summed E-state index contributed by atoms with van der Waals surface area (Å²) in [4.78, 5) is 2.48. The van der Waals surface area contributed by atoms with Crippen LogP contribution in [0.15, 0.2) is 231 Å². The number of aromatic nitrogens is 1. The molecule has 0 radical (unpaired) electrons. The molecule has 0 spiro atoms. The molecule has 1 aromatic heterocycles. The molecule has 0 N–H and O–H groups in total. The van der Waals surface area contributed by atoms with Crippen molar-refractivity contribution < 1.29 is 0 Å². The van der Waals surface area contributed by atoms with Crippen LogP contribution in [0.25, 0.3) is 82.4 Å². The molecular weight excluding hydrogens is 701 g/mol. The van der Waals surface area contributed by atoms with Gasteiger partial charge in [-0.2, -0.15) is 0 Å².